The molecular formula is C19H15Cl2N3O3. The van der Waals surface area contributed by atoms with Crippen LogP contribution in [0.5, 0.6) is 0 Å². The summed E-state index contributed by atoms with van der Waals surface area (Å²) in [6.07, 6.45) is 1.18. The van der Waals surface area contributed by atoms with Gasteiger partial charge < -0.3 is 10.6 Å². The van der Waals surface area contributed by atoms with Gasteiger partial charge in [-0.1, -0.05) is 47.5 Å². The number of amides is 4. The van der Waals surface area contributed by atoms with Gasteiger partial charge in [0.25, 0.3) is 5.91 Å². The molecule has 0 saturated carbocycles. The fourth-order valence-corrected chi connectivity index (χ4v) is 4.23. The molecular weight excluding hydrogens is 389 g/mol. The molecule has 2 N–H and O–H groups in total. The lowest BCUT2D eigenvalue weighted by Crippen LogP contribution is -2.42. The number of anilines is 1. The molecule has 4 amide bonds. The van der Waals surface area contributed by atoms with Crippen molar-refractivity contribution in [1.29, 1.82) is 0 Å². The maximum Gasteiger partial charge on any atom is 0.325 e. The lowest BCUT2D eigenvalue weighted by atomic mass is 9.92. The SMILES string of the molecule is O=C(CN1C(=O)N[C@]2(CCc3ccccc32)C1=O)Nc1cc(Cl)cc(Cl)c1. The Labute approximate surface area is 165 Å². The molecule has 1 aliphatic heterocycles. The summed E-state index contributed by atoms with van der Waals surface area (Å²) in [7, 11) is 0. The summed E-state index contributed by atoms with van der Waals surface area (Å²) in [5.74, 6) is -0.920. The molecule has 0 radical (unpaired) electrons. The van der Waals surface area contributed by atoms with Crippen molar-refractivity contribution in [3.63, 3.8) is 0 Å². The van der Waals surface area contributed by atoms with Crippen molar-refractivity contribution in [3.8, 4) is 0 Å². The summed E-state index contributed by atoms with van der Waals surface area (Å²) in [6, 6.07) is 11.6. The van der Waals surface area contributed by atoms with Gasteiger partial charge in [0, 0.05) is 15.7 Å². The number of carbonyl (C=O) groups excluding carboxylic acids is 3. The smallest absolute Gasteiger partial charge is 0.324 e. The molecule has 4 rings (SSSR count). The van der Waals surface area contributed by atoms with Crippen LogP contribution in [0.4, 0.5) is 10.5 Å². The molecule has 6 nitrogen and oxygen atoms in total. The largest absolute Gasteiger partial charge is 0.325 e. The fourth-order valence-electron chi connectivity index (χ4n) is 3.70. The second-order valence-corrected chi connectivity index (χ2v) is 7.46. The minimum atomic E-state index is -1.08. The lowest BCUT2D eigenvalue weighted by molar-refractivity contribution is -0.134. The number of halogens is 2. The van der Waals surface area contributed by atoms with Gasteiger partial charge in [0.2, 0.25) is 5.91 Å². The number of nitrogens with zero attached hydrogens (tertiary/aromatic N) is 1. The average Bonchev–Trinajstić information content (AvgIpc) is 3.08. The summed E-state index contributed by atoms with van der Waals surface area (Å²) < 4.78 is 0. The van der Waals surface area contributed by atoms with Crippen molar-refractivity contribution in [1.82, 2.24) is 10.2 Å². The highest BCUT2D eigenvalue weighted by Gasteiger charge is 2.55. The lowest BCUT2D eigenvalue weighted by Gasteiger charge is -2.22. The number of hydrogen-bond donors (Lipinski definition) is 2. The summed E-state index contributed by atoms with van der Waals surface area (Å²) in [6.45, 7) is -0.390. The monoisotopic (exact) mass is 403 g/mol. The molecule has 1 spiro atoms. The van der Waals surface area contributed by atoms with E-state index in [4.69, 9.17) is 23.2 Å². The zero-order valence-electron chi connectivity index (χ0n) is 14.1. The highest BCUT2D eigenvalue weighted by atomic mass is 35.5. The first-order chi connectivity index (χ1) is 12.9. The number of rotatable bonds is 3. The third-order valence-corrected chi connectivity index (χ3v) is 5.31. The average molecular weight is 404 g/mol. The normalized spacial score (nSPS) is 20.7. The third-order valence-electron chi connectivity index (χ3n) is 4.87. The summed E-state index contributed by atoms with van der Waals surface area (Å²) in [4.78, 5) is 38.8. The van der Waals surface area contributed by atoms with Gasteiger partial charge in [-0.25, -0.2) is 4.79 Å². The molecule has 0 aromatic heterocycles. The van der Waals surface area contributed by atoms with E-state index in [9.17, 15) is 14.4 Å². The van der Waals surface area contributed by atoms with E-state index in [2.05, 4.69) is 10.6 Å². The minimum Gasteiger partial charge on any atom is -0.324 e. The molecule has 0 unspecified atom stereocenters. The van der Waals surface area contributed by atoms with Crippen molar-refractivity contribution in [2.75, 3.05) is 11.9 Å². The van der Waals surface area contributed by atoms with Crippen LogP contribution in [-0.4, -0.2) is 29.3 Å². The molecule has 8 heteroatoms. The van der Waals surface area contributed by atoms with Crippen LogP contribution in [0.3, 0.4) is 0 Å². The summed E-state index contributed by atoms with van der Waals surface area (Å²) >= 11 is 11.8. The first kappa shape index (κ1) is 17.8. The fraction of sp³-hybridized carbons (Fsp3) is 0.211. The Kier molecular flexibility index (Phi) is 4.32. The van der Waals surface area contributed by atoms with Crippen LogP contribution in [-0.2, 0) is 21.5 Å². The predicted molar refractivity (Wildman–Crippen MR) is 102 cm³/mol. The number of carbonyl (C=O) groups is 3. The molecule has 2 aromatic rings. The molecule has 2 aliphatic rings. The van der Waals surface area contributed by atoms with Gasteiger partial charge in [-0.15, -0.1) is 0 Å². The molecule has 1 saturated heterocycles. The van der Waals surface area contributed by atoms with E-state index >= 15 is 0 Å². The van der Waals surface area contributed by atoms with Crippen LogP contribution in [0, 0.1) is 0 Å². The first-order valence-corrected chi connectivity index (χ1v) is 9.13. The van der Waals surface area contributed by atoms with E-state index in [0.717, 1.165) is 16.0 Å². The Morgan fingerprint density at radius 3 is 2.59 bits per heavy atom. The number of nitrogens with one attached hydrogen (secondary N) is 2. The number of hydrogen-bond acceptors (Lipinski definition) is 3. The molecule has 1 heterocycles. The molecule has 2 aromatic carbocycles. The highest BCUT2D eigenvalue weighted by Crippen LogP contribution is 2.41. The van der Waals surface area contributed by atoms with Crippen LogP contribution in [0.15, 0.2) is 42.5 Å². The zero-order chi connectivity index (χ0) is 19.2. The predicted octanol–water partition coefficient (Wildman–Crippen LogP) is 3.33. The number of urea groups is 1. The summed E-state index contributed by atoms with van der Waals surface area (Å²) in [5, 5.41) is 6.14. The van der Waals surface area contributed by atoms with E-state index in [1.54, 1.807) is 0 Å². The number of fused-ring (bicyclic) bond motifs is 2. The quantitative estimate of drug-likeness (QED) is 0.771. The van der Waals surface area contributed by atoms with Crippen molar-refractivity contribution in [2.45, 2.75) is 18.4 Å². The zero-order valence-corrected chi connectivity index (χ0v) is 15.6. The molecule has 1 atom stereocenters. The van der Waals surface area contributed by atoms with Crippen LogP contribution in [0.25, 0.3) is 0 Å². The van der Waals surface area contributed by atoms with Gasteiger partial charge in [-0.3, -0.25) is 14.5 Å². The van der Waals surface area contributed by atoms with Crippen molar-refractivity contribution >= 4 is 46.7 Å². The number of benzene rings is 2. The van der Waals surface area contributed by atoms with Crippen molar-refractivity contribution in [2.24, 2.45) is 0 Å². The Hall–Kier alpha value is -2.57. The van der Waals surface area contributed by atoms with Crippen molar-refractivity contribution in [3.05, 3.63) is 63.6 Å². The maximum absolute atomic E-state index is 13.0. The van der Waals surface area contributed by atoms with Gasteiger partial charge in [-0.05, 0) is 42.2 Å². The van der Waals surface area contributed by atoms with Crippen LogP contribution in [0.2, 0.25) is 10.0 Å². The Balaban J connectivity index is 1.53. The number of imide groups is 1. The molecule has 1 aliphatic carbocycles. The number of aryl methyl sites for hydroxylation is 1. The molecule has 27 heavy (non-hydrogen) atoms. The van der Waals surface area contributed by atoms with Gasteiger partial charge >= 0.3 is 6.03 Å². The van der Waals surface area contributed by atoms with E-state index in [1.165, 1.54) is 18.2 Å². The second-order valence-electron chi connectivity index (χ2n) is 6.59. The highest BCUT2D eigenvalue weighted by molar-refractivity contribution is 6.35. The molecule has 0 bridgehead atoms. The van der Waals surface area contributed by atoms with Gasteiger partial charge in [0.1, 0.15) is 12.1 Å². The maximum atomic E-state index is 13.0. The van der Waals surface area contributed by atoms with Crippen molar-refractivity contribution < 1.29 is 14.4 Å². The first-order valence-electron chi connectivity index (χ1n) is 8.37. The topological polar surface area (TPSA) is 78.5 Å². The van der Waals surface area contributed by atoms with Crippen LogP contribution >= 0.6 is 23.2 Å². The Morgan fingerprint density at radius 2 is 1.85 bits per heavy atom. The third kappa shape index (κ3) is 3.05. The van der Waals surface area contributed by atoms with E-state index in [0.29, 0.717) is 28.6 Å². The van der Waals surface area contributed by atoms with Crippen LogP contribution in [0.1, 0.15) is 17.5 Å². The second kappa shape index (κ2) is 6.55. The Morgan fingerprint density at radius 1 is 1.15 bits per heavy atom. The Bertz CT molecular complexity index is 958. The van der Waals surface area contributed by atoms with E-state index in [1.807, 2.05) is 24.3 Å². The molecule has 138 valence electrons. The van der Waals surface area contributed by atoms with Gasteiger partial charge in [0.05, 0.1) is 0 Å². The van der Waals surface area contributed by atoms with E-state index in [-0.39, 0.29) is 0 Å². The van der Waals surface area contributed by atoms with E-state index < -0.39 is 29.9 Å². The van der Waals surface area contributed by atoms with Gasteiger partial charge in [-0.2, -0.15) is 0 Å². The summed E-state index contributed by atoms with van der Waals surface area (Å²) in [5.41, 5.74) is 1.15. The minimum absolute atomic E-state index is 0.370. The van der Waals surface area contributed by atoms with Crippen LogP contribution < -0.4 is 10.6 Å². The molecule has 1 fully saturated rings. The van der Waals surface area contributed by atoms with Gasteiger partial charge in [0.15, 0.2) is 0 Å². The standard InChI is InChI=1S/C19H15Cl2N3O3/c20-12-7-13(21)9-14(8-12)22-16(25)10-24-17(26)19(23-18(24)27)6-5-11-3-1-2-4-15(11)19/h1-4,7-9H,5-6,10H2,(H,22,25)(H,23,27)/t19-/m0/s1.